The Bertz CT molecular complexity index is 1110. The van der Waals surface area contributed by atoms with Gasteiger partial charge in [-0.2, -0.15) is 4.31 Å². The minimum absolute atomic E-state index is 0.322. The van der Waals surface area contributed by atoms with Crippen LogP contribution in [-0.2, 0) is 14.8 Å². The van der Waals surface area contributed by atoms with Crippen LogP contribution in [0.4, 0.5) is 5.13 Å². The van der Waals surface area contributed by atoms with Gasteiger partial charge in [0, 0.05) is 17.5 Å². The maximum absolute atomic E-state index is 12.5. The third-order valence-corrected chi connectivity index (χ3v) is 6.76. The minimum atomic E-state index is -3.39. The van der Waals surface area contributed by atoms with E-state index in [1.165, 1.54) is 15.6 Å². The molecule has 8 heteroatoms. The van der Waals surface area contributed by atoms with Crippen LogP contribution in [-0.4, -0.2) is 42.5 Å². The molecule has 6 nitrogen and oxygen atoms in total. The number of sulfonamides is 1. The first-order valence-electron chi connectivity index (χ1n) is 8.64. The van der Waals surface area contributed by atoms with Crippen molar-refractivity contribution in [3.8, 4) is 11.3 Å². The highest BCUT2D eigenvalue weighted by Crippen LogP contribution is 2.29. The molecule has 3 aromatic rings. The highest BCUT2D eigenvalue weighted by molar-refractivity contribution is 7.88. The summed E-state index contributed by atoms with van der Waals surface area (Å²) in [5.41, 5.74) is 1.76. The van der Waals surface area contributed by atoms with Crippen molar-refractivity contribution in [3.63, 3.8) is 0 Å². The lowest BCUT2D eigenvalue weighted by Crippen LogP contribution is -2.42. The Hall–Kier alpha value is -2.29. The fourth-order valence-electron chi connectivity index (χ4n) is 3.40. The lowest BCUT2D eigenvalue weighted by atomic mass is 10.1. The molecular formula is C19H19N3O3S2. The summed E-state index contributed by atoms with van der Waals surface area (Å²) in [6.45, 7) is 0.386. The highest BCUT2D eigenvalue weighted by Gasteiger charge is 2.36. The monoisotopic (exact) mass is 401 g/mol. The van der Waals surface area contributed by atoms with Crippen LogP contribution in [0.5, 0.6) is 0 Å². The van der Waals surface area contributed by atoms with E-state index in [-0.39, 0.29) is 5.91 Å². The van der Waals surface area contributed by atoms with E-state index in [1.54, 1.807) is 0 Å². The van der Waals surface area contributed by atoms with Crippen LogP contribution in [0.1, 0.15) is 12.8 Å². The van der Waals surface area contributed by atoms with Gasteiger partial charge in [0.05, 0.1) is 11.9 Å². The number of carbonyl (C=O) groups excluding carboxylic acids is 1. The number of aromatic nitrogens is 1. The molecule has 1 aromatic heterocycles. The second-order valence-corrected chi connectivity index (χ2v) is 9.41. The molecule has 1 fully saturated rings. The molecule has 0 saturated carbocycles. The molecule has 0 radical (unpaired) electrons. The van der Waals surface area contributed by atoms with E-state index in [4.69, 9.17) is 0 Å². The fraction of sp³-hybridized carbons (Fsp3) is 0.263. The maximum Gasteiger partial charge on any atom is 0.244 e. The van der Waals surface area contributed by atoms with Gasteiger partial charge in [0.15, 0.2) is 5.13 Å². The molecule has 2 heterocycles. The van der Waals surface area contributed by atoms with E-state index in [9.17, 15) is 13.2 Å². The number of nitrogens with zero attached hydrogens (tertiary/aromatic N) is 2. The van der Waals surface area contributed by atoms with Gasteiger partial charge in [-0.25, -0.2) is 13.4 Å². The number of hydrogen-bond acceptors (Lipinski definition) is 5. The van der Waals surface area contributed by atoms with Gasteiger partial charge >= 0.3 is 0 Å². The Kier molecular flexibility index (Phi) is 4.71. The van der Waals surface area contributed by atoms with Crippen molar-refractivity contribution in [2.24, 2.45) is 0 Å². The smallest absolute Gasteiger partial charge is 0.244 e. The Morgan fingerprint density at radius 1 is 1.22 bits per heavy atom. The van der Waals surface area contributed by atoms with Gasteiger partial charge in [0.1, 0.15) is 6.04 Å². The van der Waals surface area contributed by atoms with E-state index < -0.39 is 16.1 Å². The summed E-state index contributed by atoms with van der Waals surface area (Å²) in [6, 6.07) is 13.6. The minimum Gasteiger partial charge on any atom is -0.301 e. The van der Waals surface area contributed by atoms with Gasteiger partial charge in [0.25, 0.3) is 0 Å². The number of amides is 1. The molecule has 1 atom stereocenters. The second-order valence-electron chi connectivity index (χ2n) is 6.62. The molecule has 1 N–H and O–H groups in total. The zero-order valence-electron chi connectivity index (χ0n) is 14.8. The third kappa shape index (κ3) is 3.73. The van der Waals surface area contributed by atoms with E-state index in [1.807, 2.05) is 35.7 Å². The zero-order chi connectivity index (χ0) is 19.0. The standard InChI is InChI=1S/C19H19N3O3S2/c1-27(24,25)22-10-4-7-17(22)18(23)21-19-20-16(12-26-19)15-9-8-13-5-2-3-6-14(13)11-15/h2-3,5-6,8-9,11-12,17H,4,7,10H2,1H3,(H,20,21,23). The molecule has 1 aliphatic rings. The van der Waals surface area contributed by atoms with Crippen LogP contribution in [0.2, 0.25) is 0 Å². The molecular weight excluding hydrogens is 382 g/mol. The average Bonchev–Trinajstić information content (AvgIpc) is 3.30. The van der Waals surface area contributed by atoms with Gasteiger partial charge in [-0.3, -0.25) is 4.79 Å². The van der Waals surface area contributed by atoms with Gasteiger partial charge in [-0.05, 0) is 29.7 Å². The molecule has 1 amide bonds. The predicted molar refractivity (Wildman–Crippen MR) is 108 cm³/mol. The second kappa shape index (κ2) is 7.03. The molecule has 0 bridgehead atoms. The lowest BCUT2D eigenvalue weighted by molar-refractivity contribution is -0.119. The van der Waals surface area contributed by atoms with Crippen molar-refractivity contribution in [1.82, 2.24) is 9.29 Å². The highest BCUT2D eigenvalue weighted by atomic mass is 32.2. The number of anilines is 1. The quantitative estimate of drug-likeness (QED) is 0.727. The molecule has 0 spiro atoms. The third-order valence-electron chi connectivity index (χ3n) is 4.71. The van der Waals surface area contributed by atoms with Crippen molar-refractivity contribution in [2.75, 3.05) is 18.1 Å². The molecule has 0 aliphatic carbocycles. The number of fused-ring (bicyclic) bond motifs is 1. The Morgan fingerprint density at radius 3 is 2.78 bits per heavy atom. The Morgan fingerprint density at radius 2 is 2.00 bits per heavy atom. The normalized spacial score (nSPS) is 18.0. The number of thiazole rings is 1. The summed E-state index contributed by atoms with van der Waals surface area (Å²) in [7, 11) is -3.39. The molecule has 1 aliphatic heterocycles. The number of benzene rings is 2. The lowest BCUT2D eigenvalue weighted by Gasteiger charge is -2.20. The summed E-state index contributed by atoms with van der Waals surface area (Å²) in [6.07, 6.45) is 2.35. The zero-order valence-corrected chi connectivity index (χ0v) is 16.4. The first-order chi connectivity index (χ1) is 12.9. The van der Waals surface area contributed by atoms with Gasteiger partial charge in [0.2, 0.25) is 15.9 Å². The van der Waals surface area contributed by atoms with E-state index in [0.29, 0.717) is 24.5 Å². The van der Waals surface area contributed by atoms with Crippen molar-refractivity contribution >= 4 is 43.2 Å². The molecule has 140 valence electrons. The van der Waals surface area contributed by atoms with Crippen molar-refractivity contribution in [2.45, 2.75) is 18.9 Å². The van der Waals surface area contributed by atoms with Gasteiger partial charge in [-0.1, -0.05) is 36.4 Å². The fourth-order valence-corrected chi connectivity index (χ4v) is 5.25. The molecule has 27 heavy (non-hydrogen) atoms. The van der Waals surface area contributed by atoms with Crippen molar-refractivity contribution in [3.05, 3.63) is 47.8 Å². The van der Waals surface area contributed by atoms with Crippen LogP contribution < -0.4 is 5.32 Å². The van der Waals surface area contributed by atoms with Gasteiger partial charge < -0.3 is 5.32 Å². The Labute approximate surface area is 161 Å². The van der Waals surface area contributed by atoms with E-state index in [0.717, 1.165) is 28.3 Å². The summed E-state index contributed by atoms with van der Waals surface area (Å²) in [5.74, 6) is -0.322. The summed E-state index contributed by atoms with van der Waals surface area (Å²) >= 11 is 1.33. The molecule has 1 unspecified atom stereocenters. The molecule has 1 saturated heterocycles. The van der Waals surface area contributed by atoms with Crippen LogP contribution >= 0.6 is 11.3 Å². The van der Waals surface area contributed by atoms with Crippen molar-refractivity contribution < 1.29 is 13.2 Å². The summed E-state index contributed by atoms with van der Waals surface area (Å²) in [4.78, 5) is 17.0. The van der Waals surface area contributed by atoms with Crippen LogP contribution in [0.25, 0.3) is 22.0 Å². The number of carbonyl (C=O) groups is 1. The van der Waals surface area contributed by atoms with Crippen molar-refractivity contribution in [1.29, 1.82) is 0 Å². The summed E-state index contributed by atoms with van der Waals surface area (Å²) in [5, 5.41) is 7.43. The van der Waals surface area contributed by atoms with Gasteiger partial charge in [-0.15, -0.1) is 11.3 Å². The largest absolute Gasteiger partial charge is 0.301 e. The van der Waals surface area contributed by atoms with E-state index >= 15 is 0 Å². The van der Waals surface area contributed by atoms with Crippen LogP contribution in [0.15, 0.2) is 47.8 Å². The molecule has 2 aromatic carbocycles. The molecule has 4 rings (SSSR count). The van der Waals surface area contributed by atoms with Crippen LogP contribution in [0.3, 0.4) is 0 Å². The van der Waals surface area contributed by atoms with E-state index in [2.05, 4.69) is 22.4 Å². The number of rotatable bonds is 4. The average molecular weight is 402 g/mol. The maximum atomic E-state index is 12.5. The first kappa shape index (κ1) is 18.1. The number of hydrogen-bond donors (Lipinski definition) is 1. The predicted octanol–water partition coefficient (Wildman–Crippen LogP) is 3.33. The SMILES string of the molecule is CS(=O)(=O)N1CCCC1C(=O)Nc1nc(-c2ccc3ccccc3c2)cs1. The Balaban J connectivity index is 1.53. The summed E-state index contributed by atoms with van der Waals surface area (Å²) < 4.78 is 24.9. The number of nitrogens with one attached hydrogen (secondary N) is 1. The van der Waals surface area contributed by atoms with Crippen LogP contribution in [0, 0.1) is 0 Å². The topological polar surface area (TPSA) is 79.4 Å². The first-order valence-corrected chi connectivity index (χ1v) is 11.4.